The highest BCUT2D eigenvalue weighted by molar-refractivity contribution is 6.32. The van der Waals surface area contributed by atoms with Gasteiger partial charge in [0.25, 0.3) is 5.56 Å². The van der Waals surface area contributed by atoms with Gasteiger partial charge in [-0.3, -0.25) is 9.69 Å². The number of para-hydroxylation sites is 2. The second-order valence-electron chi connectivity index (χ2n) is 8.19. The van der Waals surface area contributed by atoms with Gasteiger partial charge in [-0.2, -0.15) is 5.10 Å². The van der Waals surface area contributed by atoms with Gasteiger partial charge < -0.3 is 15.0 Å². The standard InChI is InChI=1S/C21H30ClN5O2/c1-21(2,3)27-20(28)19(22)16(15-24-27)23-9-10-25-11-13-26(14-12-25)17-7-5-6-8-18(17)29-4/h5-8,15,23H,9-14H2,1-4H3. The second kappa shape index (κ2) is 9.05. The zero-order valence-electron chi connectivity index (χ0n) is 17.6. The molecule has 0 bridgehead atoms. The van der Waals surface area contributed by atoms with Gasteiger partial charge >= 0.3 is 0 Å². The number of anilines is 2. The van der Waals surface area contributed by atoms with Crippen molar-refractivity contribution >= 4 is 23.0 Å². The molecule has 7 nitrogen and oxygen atoms in total. The van der Waals surface area contributed by atoms with Crippen LogP contribution in [0.15, 0.2) is 35.3 Å². The predicted molar refractivity (Wildman–Crippen MR) is 119 cm³/mol. The lowest BCUT2D eigenvalue weighted by molar-refractivity contribution is 0.266. The molecule has 0 amide bonds. The molecule has 158 valence electrons. The van der Waals surface area contributed by atoms with Gasteiger partial charge in [-0.25, -0.2) is 4.68 Å². The number of nitrogens with one attached hydrogen (secondary N) is 1. The summed E-state index contributed by atoms with van der Waals surface area (Å²) >= 11 is 6.27. The summed E-state index contributed by atoms with van der Waals surface area (Å²) in [5.74, 6) is 0.912. The summed E-state index contributed by atoms with van der Waals surface area (Å²) in [7, 11) is 1.71. The largest absolute Gasteiger partial charge is 0.495 e. The van der Waals surface area contributed by atoms with Crippen LogP contribution >= 0.6 is 11.6 Å². The Bertz CT molecular complexity index is 885. The van der Waals surface area contributed by atoms with Crippen molar-refractivity contribution in [3.8, 4) is 5.75 Å². The average molecular weight is 420 g/mol. The Morgan fingerprint density at radius 2 is 1.86 bits per heavy atom. The van der Waals surface area contributed by atoms with Crippen molar-refractivity contribution in [3.63, 3.8) is 0 Å². The van der Waals surface area contributed by atoms with E-state index in [1.807, 2.05) is 39.0 Å². The van der Waals surface area contributed by atoms with Crippen LogP contribution in [0.1, 0.15) is 20.8 Å². The molecule has 0 saturated carbocycles. The van der Waals surface area contributed by atoms with E-state index in [1.54, 1.807) is 13.3 Å². The predicted octanol–water partition coefficient (Wildman–Crippen LogP) is 2.89. The number of benzene rings is 1. The molecule has 1 aliphatic heterocycles. The first-order valence-corrected chi connectivity index (χ1v) is 10.3. The molecule has 3 rings (SSSR count). The fraction of sp³-hybridized carbons (Fsp3) is 0.524. The fourth-order valence-corrected chi connectivity index (χ4v) is 3.68. The minimum absolute atomic E-state index is 0.191. The number of aromatic nitrogens is 2. The summed E-state index contributed by atoms with van der Waals surface area (Å²) in [6.45, 7) is 11.2. The monoisotopic (exact) mass is 419 g/mol. The highest BCUT2D eigenvalue weighted by Gasteiger charge is 2.21. The van der Waals surface area contributed by atoms with Gasteiger partial charge in [0, 0.05) is 39.3 Å². The first-order chi connectivity index (χ1) is 13.8. The van der Waals surface area contributed by atoms with Gasteiger partial charge in [-0.15, -0.1) is 0 Å². The molecular formula is C21H30ClN5O2. The van der Waals surface area contributed by atoms with Crippen molar-refractivity contribution in [1.82, 2.24) is 14.7 Å². The van der Waals surface area contributed by atoms with Crippen molar-refractivity contribution in [3.05, 3.63) is 45.8 Å². The average Bonchev–Trinajstić information content (AvgIpc) is 2.70. The van der Waals surface area contributed by atoms with Crippen LogP contribution in [0.5, 0.6) is 5.75 Å². The van der Waals surface area contributed by atoms with Crippen LogP contribution in [0.4, 0.5) is 11.4 Å². The van der Waals surface area contributed by atoms with Gasteiger partial charge in [0.2, 0.25) is 0 Å². The zero-order chi connectivity index (χ0) is 21.0. The van der Waals surface area contributed by atoms with E-state index in [0.29, 0.717) is 12.2 Å². The topological polar surface area (TPSA) is 62.6 Å². The third-order valence-electron chi connectivity index (χ3n) is 5.10. The molecule has 0 radical (unpaired) electrons. The Morgan fingerprint density at radius 1 is 1.17 bits per heavy atom. The van der Waals surface area contributed by atoms with E-state index in [9.17, 15) is 4.79 Å². The van der Waals surface area contributed by atoms with Crippen LogP contribution in [0.3, 0.4) is 0 Å². The molecule has 2 heterocycles. The fourth-order valence-electron chi connectivity index (χ4n) is 3.49. The maximum atomic E-state index is 12.4. The Kier molecular flexibility index (Phi) is 6.70. The van der Waals surface area contributed by atoms with Crippen LogP contribution in [-0.2, 0) is 5.54 Å². The summed E-state index contributed by atoms with van der Waals surface area (Å²) < 4.78 is 6.89. The Morgan fingerprint density at radius 3 is 2.52 bits per heavy atom. The molecule has 8 heteroatoms. The van der Waals surface area contributed by atoms with Gasteiger partial charge in [-0.1, -0.05) is 23.7 Å². The number of hydrogen-bond donors (Lipinski definition) is 1. The number of methoxy groups -OCH3 is 1. The third kappa shape index (κ3) is 5.03. The molecule has 0 aliphatic carbocycles. The quantitative estimate of drug-likeness (QED) is 0.776. The number of nitrogens with zero attached hydrogens (tertiary/aromatic N) is 4. The maximum absolute atomic E-state index is 12.4. The number of ether oxygens (including phenoxy) is 1. The molecular weight excluding hydrogens is 390 g/mol. The number of hydrogen-bond acceptors (Lipinski definition) is 6. The van der Waals surface area contributed by atoms with E-state index >= 15 is 0 Å². The van der Waals surface area contributed by atoms with Gasteiger partial charge in [0.05, 0.1) is 30.2 Å². The molecule has 1 aliphatic rings. The maximum Gasteiger partial charge on any atom is 0.288 e. The lowest BCUT2D eigenvalue weighted by atomic mass is 10.1. The van der Waals surface area contributed by atoms with Crippen LogP contribution in [0.25, 0.3) is 0 Å². The summed E-state index contributed by atoms with van der Waals surface area (Å²) in [5, 5.41) is 7.71. The lowest BCUT2D eigenvalue weighted by Crippen LogP contribution is -2.47. The van der Waals surface area contributed by atoms with Crippen molar-refractivity contribution < 1.29 is 4.74 Å². The molecule has 0 atom stereocenters. The van der Waals surface area contributed by atoms with E-state index < -0.39 is 5.54 Å². The van der Waals surface area contributed by atoms with Crippen LogP contribution in [0, 0.1) is 0 Å². The molecule has 1 N–H and O–H groups in total. The van der Waals surface area contributed by atoms with Crippen molar-refractivity contribution in [2.45, 2.75) is 26.3 Å². The van der Waals surface area contributed by atoms with E-state index in [0.717, 1.165) is 44.2 Å². The van der Waals surface area contributed by atoms with Gasteiger partial charge in [0.1, 0.15) is 10.8 Å². The highest BCUT2D eigenvalue weighted by atomic mass is 35.5. The lowest BCUT2D eigenvalue weighted by Gasteiger charge is -2.36. The van der Waals surface area contributed by atoms with Crippen molar-refractivity contribution in [2.24, 2.45) is 0 Å². The number of piperazine rings is 1. The van der Waals surface area contributed by atoms with Crippen LogP contribution in [0.2, 0.25) is 5.02 Å². The molecule has 1 aromatic carbocycles. The summed E-state index contributed by atoms with van der Waals surface area (Å²) in [5.41, 5.74) is 1.06. The first-order valence-electron chi connectivity index (χ1n) is 9.94. The first kappa shape index (κ1) is 21.5. The van der Waals surface area contributed by atoms with Crippen LogP contribution in [-0.4, -0.2) is 61.1 Å². The molecule has 0 unspecified atom stereocenters. The van der Waals surface area contributed by atoms with Crippen molar-refractivity contribution in [2.75, 3.05) is 56.6 Å². The van der Waals surface area contributed by atoms with E-state index in [1.165, 1.54) is 4.68 Å². The molecule has 1 fully saturated rings. The summed E-state index contributed by atoms with van der Waals surface area (Å²) in [6, 6.07) is 8.13. The highest BCUT2D eigenvalue weighted by Crippen LogP contribution is 2.28. The summed E-state index contributed by atoms with van der Waals surface area (Å²) in [4.78, 5) is 17.2. The van der Waals surface area contributed by atoms with Gasteiger partial charge in [-0.05, 0) is 32.9 Å². The molecule has 0 spiro atoms. The SMILES string of the molecule is COc1ccccc1N1CCN(CCNc2cnn(C(C)(C)C)c(=O)c2Cl)CC1. The second-order valence-corrected chi connectivity index (χ2v) is 8.57. The molecule has 1 saturated heterocycles. The number of halogens is 1. The molecule has 1 aromatic heterocycles. The zero-order valence-corrected chi connectivity index (χ0v) is 18.4. The summed E-state index contributed by atoms with van der Waals surface area (Å²) in [6.07, 6.45) is 1.63. The molecule has 2 aromatic rings. The van der Waals surface area contributed by atoms with E-state index in [4.69, 9.17) is 16.3 Å². The Labute approximate surface area is 177 Å². The number of rotatable bonds is 6. The Hall–Kier alpha value is -2.25. The van der Waals surface area contributed by atoms with E-state index in [2.05, 4.69) is 26.3 Å². The van der Waals surface area contributed by atoms with Crippen molar-refractivity contribution in [1.29, 1.82) is 0 Å². The smallest absolute Gasteiger partial charge is 0.288 e. The van der Waals surface area contributed by atoms with Crippen LogP contribution < -0.4 is 20.5 Å². The van der Waals surface area contributed by atoms with Gasteiger partial charge in [0.15, 0.2) is 0 Å². The minimum Gasteiger partial charge on any atom is -0.495 e. The third-order valence-corrected chi connectivity index (χ3v) is 5.46. The minimum atomic E-state index is -0.402. The molecule has 29 heavy (non-hydrogen) atoms. The Balaban J connectivity index is 1.52. The normalized spacial score (nSPS) is 15.4. The van der Waals surface area contributed by atoms with E-state index in [-0.39, 0.29) is 10.6 Å².